The summed E-state index contributed by atoms with van der Waals surface area (Å²) in [6.07, 6.45) is 6.36. The van der Waals surface area contributed by atoms with Gasteiger partial charge in [-0.1, -0.05) is 6.42 Å². The topological polar surface area (TPSA) is 31.0 Å². The van der Waals surface area contributed by atoms with Crippen molar-refractivity contribution in [1.29, 1.82) is 0 Å². The van der Waals surface area contributed by atoms with Gasteiger partial charge in [0.05, 0.1) is 12.2 Å². The molecule has 1 aliphatic carbocycles. The van der Waals surface area contributed by atoms with Crippen LogP contribution in [-0.2, 0) is 13.6 Å². The Labute approximate surface area is 106 Å². The van der Waals surface area contributed by atoms with E-state index in [1.54, 1.807) is 0 Å². The third-order valence-corrected chi connectivity index (χ3v) is 7.01. The summed E-state index contributed by atoms with van der Waals surface area (Å²) in [5.41, 5.74) is 0. The number of rotatable bonds is 7. The van der Waals surface area contributed by atoms with E-state index in [2.05, 4.69) is 20.4 Å². The quantitative estimate of drug-likeness (QED) is 0.519. The lowest BCUT2D eigenvalue weighted by Gasteiger charge is -2.28. The van der Waals surface area contributed by atoms with Crippen molar-refractivity contribution in [3.8, 4) is 0 Å². The van der Waals surface area contributed by atoms with Gasteiger partial charge in [0.25, 0.3) is 0 Å². The third kappa shape index (κ3) is 3.53. The molecule has 0 radical (unpaired) electrons. The molecule has 0 spiro atoms. The van der Waals surface area contributed by atoms with Crippen molar-refractivity contribution in [2.75, 3.05) is 13.2 Å². The number of hydrogen-bond donors (Lipinski definition) is 0. The molecule has 1 saturated heterocycles. The number of epoxide rings is 1. The summed E-state index contributed by atoms with van der Waals surface area (Å²) < 4.78 is 17.5. The van der Waals surface area contributed by atoms with E-state index in [4.69, 9.17) is 13.6 Å². The monoisotopic (exact) mass is 258 g/mol. The van der Waals surface area contributed by atoms with E-state index >= 15 is 0 Å². The fraction of sp³-hybridized carbons (Fsp3) is 1.00. The Balaban J connectivity index is 1.78. The van der Waals surface area contributed by atoms with Crippen LogP contribution in [0.3, 0.4) is 0 Å². The molecule has 100 valence electrons. The van der Waals surface area contributed by atoms with Gasteiger partial charge in [0.1, 0.15) is 0 Å². The number of fused-ring (bicyclic) bond motifs is 1. The summed E-state index contributed by atoms with van der Waals surface area (Å²) in [6, 6.07) is 1.12. The minimum Gasteiger partial charge on any atom is -0.395 e. The molecule has 2 fully saturated rings. The molecule has 0 amide bonds. The van der Waals surface area contributed by atoms with Gasteiger partial charge in [-0.25, -0.2) is 0 Å². The first kappa shape index (κ1) is 13.5. The van der Waals surface area contributed by atoms with Crippen molar-refractivity contribution >= 4 is 8.56 Å². The molecule has 3 nitrogen and oxygen atoms in total. The van der Waals surface area contributed by atoms with Gasteiger partial charge in [0, 0.05) is 13.2 Å². The van der Waals surface area contributed by atoms with Crippen molar-refractivity contribution < 1.29 is 13.6 Å². The van der Waals surface area contributed by atoms with Gasteiger partial charge in [0.2, 0.25) is 0 Å². The Hall–Kier alpha value is 0.0969. The second-order valence-corrected chi connectivity index (χ2v) is 8.71. The van der Waals surface area contributed by atoms with Gasteiger partial charge in [-0.3, -0.25) is 0 Å². The molecule has 2 aliphatic rings. The minimum absolute atomic E-state index is 0.574. The second-order valence-electron chi connectivity index (χ2n) is 5.37. The van der Waals surface area contributed by atoms with Crippen LogP contribution in [0, 0.1) is 5.92 Å². The van der Waals surface area contributed by atoms with Gasteiger partial charge in [-0.2, -0.15) is 0 Å². The lowest BCUT2D eigenvalue weighted by molar-refractivity contribution is 0.184. The van der Waals surface area contributed by atoms with Crippen LogP contribution in [-0.4, -0.2) is 34.0 Å². The molecule has 4 heteroatoms. The largest absolute Gasteiger partial charge is 0.395 e. The summed E-state index contributed by atoms with van der Waals surface area (Å²) in [5, 5.41) is 0. The Kier molecular flexibility index (Phi) is 4.63. The molecule has 1 aliphatic heterocycles. The first-order valence-corrected chi connectivity index (χ1v) is 9.64. The highest BCUT2D eigenvalue weighted by Crippen LogP contribution is 2.43. The molecule has 1 saturated carbocycles. The standard InChI is InChI=1S/C13H26O3Si/c1-4-14-17(3,15-5-2)10-9-11-7-6-8-12-13(11)16-12/h11-13H,4-10H2,1-3H3. The van der Waals surface area contributed by atoms with Crippen LogP contribution in [0.2, 0.25) is 12.6 Å². The first-order chi connectivity index (χ1) is 8.18. The Bertz CT molecular complexity index is 241. The van der Waals surface area contributed by atoms with Crippen LogP contribution < -0.4 is 0 Å². The van der Waals surface area contributed by atoms with Crippen LogP contribution in [0.15, 0.2) is 0 Å². The molecule has 0 aromatic rings. The average Bonchev–Trinajstić information content (AvgIpc) is 3.06. The van der Waals surface area contributed by atoms with Crippen LogP contribution in [0.1, 0.15) is 39.5 Å². The van der Waals surface area contributed by atoms with Gasteiger partial charge in [-0.15, -0.1) is 0 Å². The average molecular weight is 258 g/mol. The summed E-state index contributed by atoms with van der Waals surface area (Å²) in [6.45, 7) is 7.87. The predicted octanol–water partition coefficient (Wildman–Crippen LogP) is 3.09. The Morgan fingerprint density at radius 2 is 1.88 bits per heavy atom. The van der Waals surface area contributed by atoms with Crippen LogP contribution in [0.5, 0.6) is 0 Å². The molecular formula is C13H26O3Si. The van der Waals surface area contributed by atoms with E-state index in [1.165, 1.54) is 25.7 Å². The lowest BCUT2D eigenvalue weighted by Crippen LogP contribution is -2.39. The SMILES string of the molecule is CCO[Si](C)(CCC1CCCC2OC12)OCC. The van der Waals surface area contributed by atoms with Gasteiger partial charge in [-0.05, 0) is 51.6 Å². The van der Waals surface area contributed by atoms with E-state index in [-0.39, 0.29) is 0 Å². The maximum Gasteiger partial charge on any atom is 0.334 e. The van der Waals surface area contributed by atoms with Crippen LogP contribution >= 0.6 is 0 Å². The summed E-state index contributed by atoms with van der Waals surface area (Å²) in [7, 11) is -1.90. The van der Waals surface area contributed by atoms with Crippen LogP contribution in [0.4, 0.5) is 0 Å². The highest BCUT2D eigenvalue weighted by molar-refractivity contribution is 6.66. The highest BCUT2D eigenvalue weighted by Gasteiger charge is 2.47. The second kappa shape index (κ2) is 5.82. The third-order valence-electron chi connectivity index (χ3n) is 4.02. The van der Waals surface area contributed by atoms with E-state index in [0.29, 0.717) is 12.2 Å². The summed E-state index contributed by atoms with van der Waals surface area (Å²) >= 11 is 0. The minimum atomic E-state index is -1.90. The molecule has 3 atom stereocenters. The van der Waals surface area contributed by atoms with Crippen molar-refractivity contribution in [2.24, 2.45) is 5.92 Å². The molecule has 3 unspecified atom stereocenters. The van der Waals surface area contributed by atoms with E-state index < -0.39 is 8.56 Å². The van der Waals surface area contributed by atoms with Crippen LogP contribution in [0.25, 0.3) is 0 Å². The summed E-state index contributed by atoms with van der Waals surface area (Å²) in [5.74, 6) is 0.765. The normalized spacial score (nSPS) is 32.3. The lowest BCUT2D eigenvalue weighted by atomic mass is 9.87. The molecule has 0 bridgehead atoms. The van der Waals surface area contributed by atoms with Crippen molar-refractivity contribution in [3.63, 3.8) is 0 Å². The first-order valence-electron chi connectivity index (χ1n) is 7.12. The van der Waals surface area contributed by atoms with Crippen molar-refractivity contribution in [1.82, 2.24) is 0 Å². The molecular weight excluding hydrogens is 232 g/mol. The van der Waals surface area contributed by atoms with Gasteiger partial charge < -0.3 is 13.6 Å². The predicted molar refractivity (Wildman–Crippen MR) is 70.3 cm³/mol. The molecule has 17 heavy (non-hydrogen) atoms. The smallest absolute Gasteiger partial charge is 0.334 e. The number of hydrogen-bond acceptors (Lipinski definition) is 3. The van der Waals surface area contributed by atoms with E-state index in [0.717, 1.165) is 25.2 Å². The molecule has 2 rings (SSSR count). The molecule has 0 N–H and O–H groups in total. The zero-order valence-corrected chi connectivity index (χ0v) is 12.4. The Morgan fingerprint density at radius 3 is 2.53 bits per heavy atom. The zero-order valence-electron chi connectivity index (χ0n) is 11.4. The fourth-order valence-electron chi connectivity index (χ4n) is 3.10. The van der Waals surface area contributed by atoms with Gasteiger partial charge in [0.15, 0.2) is 0 Å². The Morgan fingerprint density at radius 1 is 1.18 bits per heavy atom. The van der Waals surface area contributed by atoms with Gasteiger partial charge >= 0.3 is 8.56 Å². The molecule has 1 heterocycles. The van der Waals surface area contributed by atoms with Crippen molar-refractivity contribution in [3.05, 3.63) is 0 Å². The molecule has 0 aromatic carbocycles. The fourth-order valence-corrected chi connectivity index (χ4v) is 5.59. The van der Waals surface area contributed by atoms with Crippen molar-refractivity contribution in [2.45, 2.75) is 64.3 Å². The maximum absolute atomic E-state index is 5.89. The number of ether oxygens (including phenoxy) is 1. The molecule has 0 aromatic heterocycles. The maximum atomic E-state index is 5.89. The van der Waals surface area contributed by atoms with E-state index in [9.17, 15) is 0 Å². The summed E-state index contributed by atoms with van der Waals surface area (Å²) in [4.78, 5) is 0. The zero-order chi connectivity index (χ0) is 12.3. The van der Waals surface area contributed by atoms with E-state index in [1.807, 2.05) is 0 Å². The highest BCUT2D eigenvalue weighted by atomic mass is 28.4.